The molecule has 1 aromatic heterocycles. The van der Waals surface area contributed by atoms with Gasteiger partial charge in [-0.1, -0.05) is 48.0 Å². The molecule has 5 heteroatoms. The first-order chi connectivity index (χ1) is 13.6. The molecule has 0 aliphatic carbocycles. The van der Waals surface area contributed by atoms with Gasteiger partial charge in [0.2, 0.25) is 0 Å². The van der Waals surface area contributed by atoms with E-state index in [9.17, 15) is 14.7 Å². The summed E-state index contributed by atoms with van der Waals surface area (Å²) >= 11 is 0. The van der Waals surface area contributed by atoms with Crippen LogP contribution in [0.4, 0.5) is 5.69 Å². The molecule has 0 bridgehead atoms. The number of aromatic hydroxyl groups is 1. The molecule has 0 spiro atoms. The van der Waals surface area contributed by atoms with Gasteiger partial charge in [0, 0.05) is 16.8 Å². The Balaban J connectivity index is 1.92. The number of carbonyl (C=O) groups is 1. The summed E-state index contributed by atoms with van der Waals surface area (Å²) in [4.78, 5) is 26.1. The zero-order valence-corrected chi connectivity index (χ0v) is 15.2. The highest BCUT2D eigenvalue weighted by Crippen LogP contribution is 2.28. The molecule has 4 rings (SSSR count). The van der Waals surface area contributed by atoms with Crippen LogP contribution in [0.15, 0.2) is 83.7 Å². The second-order valence-electron chi connectivity index (χ2n) is 6.54. The predicted octanol–water partition coefficient (Wildman–Crippen LogP) is 4.26. The van der Waals surface area contributed by atoms with E-state index in [4.69, 9.17) is 0 Å². The molecule has 3 aromatic carbocycles. The molecule has 2 N–H and O–H groups in total. The van der Waals surface area contributed by atoms with Crippen molar-refractivity contribution in [2.75, 3.05) is 5.32 Å². The molecule has 0 fully saturated rings. The summed E-state index contributed by atoms with van der Waals surface area (Å²) in [6, 6.07) is 23.2. The third-order valence-corrected chi connectivity index (χ3v) is 4.60. The normalized spacial score (nSPS) is 10.8. The van der Waals surface area contributed by atoms with Gasteiger partial charge in [0.15, 0.2) is 0 Å². The van der Waals surface area contributed by atoms with Crippen LogP contribution >= 0.6 is 0 Å². The molecular formula is C23H18N2O3. The monoisotopic (exact) mass is 370 g/mol. The summed E-state index contributed by atoms with van der Waals surface area (Å²) in [5.41, 5.74) is 1.89. The highest BCUT2D eigenvalue weighted by atomic mass is 16.3. The molecule has 0 saturated heterocycles. The summed E-state index contributed by atoms with van der Waals surface area (Å²) in [5, 5.41) is 13.8. The molecule has 0 atom stereocenters. The zero-order valence-electron chi connectivity index (χ0n) is 15.2. The van der Waals surface area contributed by atoms with Gasteiger partial charge in [0.05, 0.1) is 5.52 Å². The number of aryl methyl sites for hydroxylation is 1. The van der Waals surface area contributed by atoms with Crippen LogP contribution in [0.2, 0.25) is 0 Å². The van der Waals surface area contributed by atoms with Crippen LogP contribution in [-0.4, -0.2) is 15.6 Å². The standard InChI is InChI=1S/C23H18N2O3/c1-15-11-13-16(14-12-15)24-22(27)20-21(26)18-9-5-6-10-19(18)25(23(20)28)17-7-3-2-4-8-17/h2-14,26H,1H3,(H,24,27). The van der Waals surface area contributed by atoms with E-state index in [0.717, 1.165) is 5.56 Å². The summed E-state index contributed by atoms with van der Waals surface area (Å²) < 4.78 is 1.44. The molecule has 28 heavy (non-hydrogen) atoms. The van der Waals surface area contributed by atoms with Crippen molar-refractivity contribution in [2.24, 2.45) is 0 Å². The minimum Gasteiger partial charge on any atom is -0.506 e. The van der Waals surface area contributed by atoms with E-state index in [0.29, 0.717) is 22.3 Å². The van der Waals surface area contributed by atoms with Crippen molar-refractivity contribution >= 4 is 22.5 Å². The maximum Gasteiger partial charge on any atom is 0.272 e. The van der Waals surface area contributed by atoms with Gasteiger partial charge < -0.3 is 10.4 Å². The SMILES string of the molecule is Cc1ccc(NC(=O)c2c(O)c3ccccc3n(-c3ccccc3)c2=O)cc1. The number of rotatable bonds is 3. The quantitative estimate of drug-likeness (QED) is 0.566. The van der Waals surface area contributed by atoms with Crippen molar-refractivity contribution in [1.82, 2.24) is 4.57 Å². The molecule has 4 aromatic rings. The molecule has 0 unspecified atom stereocenters. The van der Waals surface area contributed by atoms with Gasteiger partial charge in [-0.05, 0) is 43.3 Å². The van der Waals surface area contributed by atoms with Gasteiger partial charge in [-0.2, -0.15) is 0 Å². The molecular weight excluding hydrogens is 352 g/mol. The molecule has 0 radical (unpaired) electrons. The molecule has 0 aliphatic rings. The van der Waals surface area contributed by atoms with E-state index in [-0.39, 0.29) is 11.3 Å². The number of hydrogen-bond acceptors (Lipinski definition) is 3. The van der Waals surface area contributed by atoms with Crippen molar-refractivity contribution in [3.63, 3.8) is 0 Å². The van der Waals surface area contributed by atoms with Gasteiger partial charge in [0.25, 0.3) is 11.5 Å². The average Bonchev–Trinajstić information content (AvgIpc) is 2.71. The highest BCUT2D eigenvalue weighted by molar-refractivity contribution is 6.09. The van der Waals surface area contributed by atoms with E-state index < -0.39 is 11.5 Å². The first kappa shape index (κ1) is 17.5. The number of carbonyl (C=O) groups excluding carboxylic acids is 1. The lowest BCUT2D eigenvalue weighted by Gasteiger charge is -2.15. The first-order valence-corrected chi connectivity index (χ1v) is 8.86. The van der Waals surface area contributed by atoms with Crippen molar-refractivity contribution in [1.29, 1.82) is 0 Å². The number of pyridine rings is 1. The number of fused-ring (bicyclic) bond motifs is 1. The van der Waals surface area contributed by atoms with Gasteiger partial charge in [0.1, 0.15) is 11.3 Å². The number of aromatic nitrogens is 1. The summed E-state index contributed by atoms with van der Waals surface area (Å²) in [7, 11) is 0. The van der Waals surface area contributed by atoms with Crippen LogP contribution in [0.3, 0.4) is 0 Å². The third kappa shape index (κ3) is 3.03. The van der Waals surface area contributed by atoms with E-state index in [2.05, 4.69) is 5.32 Å². The number of nitrogens with one attached hydrogen (secondary N) is 1. The minimum atomic E-state index is -0.651. The second kappa shape index (κ2) is 7.04. The summed E-state index contributed by atoms with van der Waals surface area (Å²) in [6.45, 7) is 1.94. The van der Waals surface area contributed by atoms with E-state index in [1.54, 1.807) is 48.5 Å². The summed E-state index contributed by atoms with van der Waals surface area (Å²) in [5.74, 6) is -0.973. The smallest absolute Gasteiger partial charge is 0.272 e. The van der Waals surface area contributed by atoms with Crippen molar-refractivity contribution in [3.05, 3.63) is 100 Å². The van der Waals surface area contributed by atoms with Crippen molar-refractivity contribution in [2.45, 2.75) is 6.92 Å². The Hall–Kier alpha value is -3.86. The Morgan fingerprint density at radius 2 is 1.54 bits per heavy atom. The van der Waals surface area contributed by atoms with Gasteiger partial charge in [-0.3, -0.25) is 14.2 Å². The maximum absolute atomic E-state index is 13.2. The lowest BCUT2D eigenvalue weighted by molar-refractivity contribution is 0.102. The first-order valence-electron chi connectivity index (χ1n) is 8.86. The Bertz CT molecular complexity index is 1230. The minimum absolute atomic E-state index is 0.289. The zero-order chi connectivity index (χ0) is 19.7. The number of benzene rings is 3. The number of nitrogens with zero attached hydrogens (tertiary/aromatic N) is 1. The van der Waals surface area contributed by atoms with Crippen LogP contribution < -0.4 is 10.9 Å². The van der Waals surface area contributed by atoms with Crippen molar-refractivity contribution < 1.29 is 9.90 Å². The number of anilines is 1. The van der Waals surface area contributed by atoms with E-state index >= 15 is 0 Å². The number of para-hydroxylation sites is 2. The Labute approximate surface area is 161 Å². The van der Waals surface area contributed by atoms with Gasteiger partial charge >= 0.3 is 0 Å². The van der Waals surface area contributed by atoms with E-state index in [1.807, 2.05) is 37.3 Å². The molecule has 5 nitrogen and oxygen atoms in total. The second-order valence-corrected chi connectivity index (χ2v) is 6.54. The predicted molar refractivity (Wildman–Crippen MR) is 110 cm³/mol. The molecule has 138 valence electrons. The summed E-state index contributed by atoms with van der Waals surface area (Å²) in [6.07, 6.45) is 0. The van der Waals surface area contributed by atoms with Crippen LogP contribution in [-0.2, 0) is 0 Å². The Kier molecular flexibility index (Phi) is 4.41. The number of hydrogen-bond donors (Lipinski definition) is 2. The van der Waals surface area contributed by atoms with Gasteiger partial charge in [-0.25, -0.2) is 0 Å². The lowest BCUT2D eigenvalue weighted by Crippen LogP contribution is -2.29. The van der Waals surface area contributed by atoms with E-state index in [1.165, 1.54) is 4.57 Å². The highest BCUT2D eigenvalue weighted by Gasteiger charge is 2.22. The van der Waals surface area contributed by atoms with Crippen LogP contribution in [0.1, 0.15) is 15.9 Å². The van der Waals surface area contributed by atoms with Crippen LogP contribution in [0.25, 0.3) is 16.6 Å². The Morgan fingerprint density at radius 3 is 2.25 bits per heavy atom. The maximum atomic E-state index is 13.2. The van der Waals surface area contributed by atoms with Gasteiger partial charge in [-0.15, -0.1) is 0 Å². The Morgan fingerprint density at radius 1 is 0.893 bits per heavy atom. The topological polar surface area (TPSA) is 71.3 Å². The molecule has 1 heterocycles. The van der Waals surface area contributed by atoms with Crippen molar-refractivity contribution in [3.8, 4) is 11.4 Å². The lowest BCUT2D eigenvalue weighted by atomic mass is 10.1. The molecule has 1 amide bonds. The number of amides is 1. The van der Waals surface area contributed by atoms with Crippen LogP contribution in [0.5, 0.6) is 5.75 Å². The fraction of sp³-hybridized carbons (Fsp3) is 0.0435. The fourth-order valence-electron chi connectivity index (χ4n) is 3.19. The molecule has 0 saturated carbocycles. The fourth-order valence-corrected chi connectivity index (χ4v) is 3.19. The molecule has 0 aliphatic heterocycles. The largest absolute Gasteiger partial charge is 0.506 e. The average molecular weight is 370 g/mol. The van der Waals surface area contributed by atoms with Crippen LogP contribution in [0, 0.1) is 6.92 Å². The third-order valence-electron chi connectivity index (χ3n) is 4.60.